The minimum absolute atomic E-state index is 0.0846. The normalized spacial score (nSPS) is 12.5. The Morgan fingerprint density at radius 3 is 0.768 bits per heavy atom. The Morgan fingerprint density at radius 1 is 0.256 bits per heavy atom. The van der Waals surface area contributed by atoms with Gasteiger partial charge < -0.3 is 14.2 Å². The third-order valence-corrected chi connectivity index (χ3v) is 15.9. The van der Waals surface area contributed by atoms with Crippen LogP contribution in [0.3, 0.4) is 0 Å². The highest BCUT2D eigenvalue weighted by atomic mass is 16.6. The van der Waals surface area contributed by atoms with E-state index in [-0.39, 0.29) is 31.1 Å². The van der Waals surface area contributed by atoms with Crippen LogP contribution >= 0.6 is 0 Å². The molecule has 1 atom stereocenters. The lowest BCUT2D eigenvalue weighted by Crippen LogP contribution is -2.30. The van der Waals surface area contributed by atoms with Gasteiger partial charge in [0.05, 0.1) is 0 Å². The minimum Gasteiger partial charge on any atom is -0.462 e. The van der Waals surface area contributed by atoms with Crippen LogP contribution in [0.15, 0.2) is 72.9 Å². The number of allylic oxidation sites excluding steroid dienone is 12. The van der Waals surface area contributed by atoms with Crippen LogP contribution < -0.4 is 0 Å². The molecular formula is C76H136O6. The van der Waals surface area contributed by atoms with Crippen LogP contribution in [0.2, 0.25) is 0 Å². The summed E-state index contributed by atoms with van der Waals surface area (Å²) >= 11 is 0. The van der Waals surface area contributed by atoms with Crippen molar-refractivity contribution < 1.29 is 28.6 Å². The van der Waals surface area contributed by atoms with E-state index in [0.717, 1.165) is 96.3 Å². The Morgan fingerprint density at radius 2 is 0.476 bits per heavy atom. The zero-order chi connectivity index (χ0) is 59.2. The van der Waals surface area contributed by atoms with E-state index in [2.05, 4.69) is 93.7 Å². The lowest BCUT2D eigenvalue weighted by molar-refractivity contribution is -0.167. The van der Waals surface area contributed by atoms with Gasteiger partial charge in [-0.05, 0) is 89.9 Å². The third-order valence-electron chi connectivity index (χ3n) is 15.9. The fourth-order valence-corrected chi connectivity index (χ4v) is 10.6. The second-order valence-corrected chi connectivity index (χ2v) is 24.1. The average molecular weight is 1150 g/mol. The monoisotopic (exact) mass is 1150 g/mol. The summed E-state index contributed by atoms with van der Waals surface area (Å²) in [5, 5.41) is 0. The number of unbranched alkanes of at least 4 members (excludes halogenated alkanes) is 43. The highest BCUT2D eigenvalue weighted by molar-refractivity contribution is 5.71. The summed E-state index contributed by atoms with van der Waals surface area (Å²) in [6, 6.07) is 0. The standard InChI is InChI=1S/C76H136O6/c1-4-7-10-13-16-19-22-25-28-31-34-35-36-37-38-39-40-41-43-45-48-51-54-57-60-63-66-69-75(78)81-72-73(71-80-74(77)68-65-62-59-56-53-50-47-44-33-30-27-24-21-18-15-12-9-6-3)82-76(79)70-67-64-61-58-55-52-49-46-42-32-29-26-23-20-17-14-11-8-5-2/h8,11,17,20,26,29,31,34,42,46,52,55,73H,4-7,9-10,12-16,18-19,21-25,27-28,30,32-33,35-41,43-45,47-51,53-54,56-72H2,1-3H3/b11-8-,20-17-,29-26-,34-31-,46-42-,55-52-. The predicted octanol–water partition coefficient (Wildman–Crippen LogP) is 24.8. The van der Waals surface area contributed by atoms with E-state index in [1.807, 2.05) is 0 Å². The van der Waals surface area contributed by atoms with Crippen molar-refractivity contribution in [1.29, 1.82) is 0 Å². The maximum absolute atomic E-state index is 12.9. The molecule has 6 nitrogen and oxygen atoms in total. The number of carbonyl (C=O) groups is 3. The molecular weight excluding hydrogens is 1010 g/mol. The second kappa shape index (κ2) is 70.3. The average Bonchev–Trinajstić information content (AvgIpc) is 3.47. The van der Waals surface area contributed by atoms with E-state index in [1.54, 1.807) is 0 Å². The molecule has 0 saturated carbocycles. The van der Waals surface area contributed by atoms with Crippen LogP contribution in [-0.4, -0.2) is 37.2 Å². The Balaban J connectivity index is 4.32. The molecule has 0 aromatic carbocycles. The molecule has 0 aliphatic carbocycles. The molecule has 0 radical (unpaired) electrons. The summed E-state index contributed by atoms with van der Waals surface area (Å²) in [6.45, 7) is 6.56. The van der Waals surface area contributed by atoms with E-state index in [9.17, 15) is 14.4 Å². The van der Waals surface area contributed by atoms with Gasteiger partial charge in [0.25, 0.3) is 0 Å². The predicted molar refractivity (Wildman–Crippen MR) is 358 cm³/mol. The van der Waals surface area contributed by atoms with E-state index >= 15 is 0 Å². The third kappa shape index (κ3) is 67.6. The molecule has 0 saturated heterocycles. The quantitative estimate of drug-likeness (QED) is 0.0261. The molecule has 0 fully saturated rings. The number of carbonyl (C=O) groups excluding carboxylic acids is 3. The number of hydrogen-bond acceptors (Lipinski definition) is 6. The summed E-state index contributed by atoms with van der Waals surface area (Å²) in [6.07, 6.45) is 92.2. The molecule has 1 unspecified atom stereocenters. The first kappa shape index (κ1) is 78.8. The van der Waals surface area contributed by atoms with Crippen molar-refractivity contribution in [2.24, 2.45) is 0 Å². The topological polar surface area (TPSA) is 78.9 Å². The zero-order valence-corrected chi connectivity index (χ0v) is 54.8. The molecule has 0 bridgehead atoms. The number of esters is 3. The van der Waals surface area contributed by atoms with Crippen LogP contribution in [0.25, 0.3) is 0 Å². The maximum atomic E-state index is 12.9. The van der Waals surface area contributed by atoms with Crippen LogP contribution in [0, 0.1) is 0 Å². The van der Waals surface area contributed by atoms with Gasteiger partial charge in [-0.2, -0.15) is 0 Å². The minimum atomic E-state index is -0.793. The zero-order valence-electron chi connectivity index (χ0n) is 54.8. The van der Waals surface area contributed by atoms with E-state index in [1.165, 1.54) is 238 Å². The number of ether oxygens (including phenoxy) is 3. The van der Waals surface area contributed by atoms with E-state index in [0.29, 0.717) is 19.3 Å². The Hall–Kier alpha value is -3.15. The molecule has 82 heavy (non-hydrogen) atoms. The lowest BCUT2D eigenvalue weighted by atomic mass is 10.0. The first-order valence-electron chi connectivity index (χ1n) is 35.9. The summed E-state index contributed by atoms with van der Waals surface area (Å²) < 4.78 is 17.0. The fourth-order valence-electron chi connectivity index (χ4n) is 10.6. The van der Waals surface area contributed by atoms with Crippen molar-refractivity contribution >= 4 is 17.9 Å². The lowest BCUT2D eigenvalue weighted by Gasteiger charge is -2.18. The molecule has 0 spiro atoms. The first-order chi connectivity index (χ1) is 40.5. The number of rotatable bonds is 66. The largest absolute Gasteiger partial charge is 0.462 e. The van der Waals surface area contributed by atoms with Gasteiger partial charge in [0.15, 0.2) is 6.10 Å². The highest BCUT2D eigenvalue weighted by Crippen LogP contribution is 2.18. The van der Waals surface area contributed by atoms with Crippen molar-refractivity contribution in [2.45, 2.75) is 380 Å². The van der Waals surface area contributed by atoms with Gasteiger partial charge in [-0.1, -0.05) is 338 Å². The maximum Gasteiger partial charge on any atom is 0.306 e. The highest BCUT2D eigenvalue weighted by Gasteiger charge is 2.19. The van der Waals surface area contributed by atoms with Crippen molar-refractivity contribution in [3.05, 3.63) is 72.9 Å². The second-order valence-electron chi connectivity index (χ2n) is 24.1. The number of hydrogen-bond donors (Lipinski definition) is 0. The van der Waals surface area contributed by atoms with Gasteiger partial charge in [-0.25, -0.2) is 0 Å². The van der Waals surface area contributed by atoms with Crippen LogP contribution in [-0.2, 0) is 28.6 Å². The molecule has 0 aliphatic rings. The fraction of sp³-hybridized carbons (Fsp3) is 0.803. The van der Waals surface area contributed by atoms with Crippen LogP contribution in [0.1, 0.15) is 374 Å². The molecule has 0 aromatic heterocycles. The van der Waals surface area contributed by atoms with Crippen molar-refractivity contribution in [3.63, 3.8) is 0 Å². The molecule has 0 aromatic rings. The van der Waals surface area contributed by atoms with Gasteiger partial charge >= 0.3 is 17.9 Å². The summed E-state index contributed by atoms with van der Waals surface area (Å²) in [4.78, 5) is 38.5. The van der Waals surface area contributed by atoms with Crippen LogP contribution in [0.4, 0.5) is 0 Å². The molecule has 476 valence electrons. The molecule has 6 heteroatoms. The van der Waals surface area contributed by atoms with Gasteiger partial charge in [0.1, 0.15) is 13.2 Å². The summed E-state index contributed by atoms with van der Waals surface area (Å²) in [5.41, 5.74) is 0. The molecule has 0 aliphatic heterocycles. The van der Waals surface area contributed by atoms with Crippen LogP contribution in [0.5, 0.6) is 0 Å². The Bertz CT molecular complexity index is 1500. The van der Waals surface area contributed by atoms with Crippen molar-refractivity contribution in [2.75, 3.05) is 13.2 Å². The van der Waals surface area contributed by atoms with E-state index < -0.39 is 6.10 Å². The van der Waals surface area contributed by atoms with E-state index in [4.69, 9.17) is 14.2 Å². The SMILES string of the molecule is CC/C=C\C/C=C\C/C=C\C/C=C\C/C=C\CCCCCC(=O)OC(COC(=O)CCCCCCCCCCCCCCCCC/C=C\CCCCCCCCCC)COC(=O)CCCCCCCCCCCCCCCCCCCC. The smallest absolute Gasteiger partial charge is 0.306 e. The molecule has 0 heterocycles. The van der Waals surface area contributed by atoms with Crippen molar-refractivity contribution in [1.82, 2.24) is 0 Å². The summed E-state index contributed by atoms with van der Waals surface area (Å²) in [5.74, 6) is -0.893. The van der Waals surface area contributed by atoms with Gasteiger partial charge in [0.2, 0.25) is 0 Å². The van der Waals surface area contributed by atoms with Gasteiger partial charge in [0, 0.05) is 19.3 Å². The molecule has 0 amide bonds. The Kier molecular flexibility index (Phi) is 67.6. The van der Waals surface area contributed by atoms with Crippen molar-refractivity contribution in [3.8, 4) is 0 Å². The Labute approximate surface area is 510 Å². The first-order valence-corrected chi connectivity index (χ1v) is 35.9. The molecule has 0 N–H and O–H groups in total. The molecule has 0 rings (SSSR count). The summed E-state index contributed by atoms with van der Waals surface area (Å²) in [7, 11) is 0. The van der Waals surface area contributed by atoms with Gasteiger partial charge in [-0.15, -0.1) is 0 Å². The van der Waals surface area contributed by atoms with Gasteiger partial charge in [-0.3, -0.25) is 14.4 Å².